The molecule has 0 bridgehead atoms. The summed E-state index contributed by atoms with van der Waals surface area (Å²) in [7, 11) is 0. The standard InChI is InChI=1S/C28H26N6O3/c1-18(2)34-27-22(16-30-34)21(15-23(31-27)20-8-9-24-25(14-20)37-13-12-36-24)28(35)32-26-10-11-29-33(26)17-19-6-4-3-5-7-19/h3-11,14-16,18H,12-13,17H2,1-2H3,(H,32,35). The second kappa shape index (κ2) is 9.42. The fraction of sp³-hybridized carbons (Fsp3) is 0.214. The fourth-order valence-corrected chi connectivity index (χ4v) is 4.44. The molecule has 6 rings (SSSR count). The van der Waals surface area contributed by atoms with Crippen LogP contribution >= 0.6 is 0 Å². The quantitative estimate of drug-likeness (QED) is 0.359. The van der Waals surface area contributed by atoms with Gasteiger partial charge in [-0.3, -0.25) is 4.79 Å². The van der Waals surface area contributed by atoms with Crippen molar-refractivity contribution in [3.05, 3.63) is 84.2 Å². The topological polar surface area (TPSA) is 96.1 Å². The van der Waals surface area contributed by atoms with Gasteiger partial charge in [-0.2, -0.15) is 10.2 Å². The van der Waals surface area contributed by atoms with Crippen LogP contribution in [0.15, 0.2) is 73.1 Å². The van der Waals surface area contributed by atoms with E-state index >= 15 is 0 Å². The second-order valence-corrected chi connectivity index (χ2v) is 9.15. The highest BCUT2D eigenvalue weighted by Gasteiger charge is 2.21. The zero-order valence-corrected chi connectivity index (χ0v) is 20.6. The van der Waals surface area contributed by atoms with Crippen molar-refractivity contribution in [1.29, 1.82) is 0 Å². The number of aromatic nitrogens is 5. The van der Waals surface area contributed by atoms with Crippen molar-refractivity contribution in [2.45, 2.75) is 26.4 Å². The van der Waals surface area contributed by atoms with E-state index in [4.69, 9.17) is 14.5 Å². The molecule has 3 aromatic heterocycles. The van der Waals surface area contributed by atoms with Crippen molar-refractivity contribution >= 4 is 22.8 Å². The predicted octanol–water partition coefficient (Wildman–Crippen LogP) is 4.95. The smallest absolute Gasteiger partial charge is 0.257 e. The van der Waals surface area contributed by atoms with Crippen molar-refractivity contribution in [1.82, 2.24) is 24.5 Å². The first-order valence-electron chi connectivity index (χ1n) is 12.2. The second-order valence-electron chi connectivity index (χ2n) is 9.15. The van der Waals surface area contributed by atoms with E-state index in [0.29, 0.717) is 59.4 Å². The summed E-state index contributed by atoms with van der Waals surface area (Å²) < 4.78 is 15.0. The number of pyridine rings is 1. The SMILES string of the molecule is CC(C)n1ncc2c(C(=O)Nc3ccnn3Cc3ccccc3)cc(-c3ccc4c(c3)OCCO4)nc21. The van der Waals surface area contributed by atoms with Gasteiger partial charge < -0.3 is 14.8 Å². The van der Waals surface area contributed by atoms with Gasteiger partial charge in [-0.15, -0.1) is 0 Å². The van der Waals surface area contributed by atoms with Gasteiger partial charge >= 0.3 is 0 Å². The molecule has 0 radical (unpaired) electrons. The third-order valence-electron chi connectivity index (χ3n) is 6.27. The van der Waals surface area contributed by atoms with Gasteiger partial charge in [0.1, 0.15) is 19.0 Å². The fourth-order valence-electron chi connectivity index (χ4n) is 4.44. The van der Waals surface area contributed by atoms with Crippen LogP contribution in [0.25, 0.3) is 22.3 Å². The molecule has 186 valence electrons. The number of anilines is 1. The van der Waals surface area contributed by atoms with Gasteiger partial charge in [0.05, 0.1) is 35.6 Å². The van der Waals surface area contributed by atoms with Crippen molar-refractivity contribution < 1.29 is 14.3 Å². The lowest BCUT2D eigenvalue weighted by molar-refractivity contribution is 0.102. The average molecular weight is 495 g/mol. The van der Waals surface area contributed by atoms with Crippen LogP contribution < -0.4 is 14.8 Å². The summed E-state index contributed by atoms with van der Waals surface area (Å²) in [5, 5.41) is 12.6. The molecule has 37 heavy (non-hydrogen) atoms. The molecular formula is C28H26N6O3. The third-order valence-corrected chi connectivity index (χ3v) is 6.27. The molecule has 1 aliphatic rings. The molecule has 0 saturated heterocycles. The maximum atomic E-state index is 13.7. The number of carbonyl (C=O) groups excluding carboxylic acids is 1. The molecule has 1 amide bonds. The Hall–Kier alpha value is -4.66. The summed E-state index contributed by atoms with van der Waals surface area (Å²) in [5.41, 5.74) is 3.69. The number of nitrogens with zero attached hydrogens (tertiary/aromatic N) is 5. The van der Waals surface area contributed by atoms with E-state index in [1.807, 2.05) is 67.1 Å². The number of amides is 1. The molecular weight excluding hydrogens is 468 g/mol. The Morgan fingerprint density at radius 1 is 1.00 bits per heavy atom. The molecule has 1 aliphatic heterocycles. The Morgan fingerprint density at radius 3 is 2.62 bits per heavy atom. The van der Waals surface area contributed by atoms with Crippen LogP contribution in [0.1, 0.15) is 35.8 Å². The van der Waals surface area contributed by atoms with Crippen LogP contribution in [0.5, 0.6) is 11.5 Å². The first-order valence-corrected chi connectivity index (χ1v) is 12.2. The highest BCUT2D eigenvalue weighted by molar-refractivity contribution is 6.12. The molecule has 1 N–H and O–H groups in total. The molecule has 9 heteroatoms. The molecule has 4 heterocycles. The molecule has 0 saturated carbocycles. The summed E-state index contributed by atoms with van der Waals surface area (Å²) in [6.45, 7) is 5.63. The lowest BCUT2D eigenvalue weighted by Crippen LogP contribution is -2.17. The number of nitrogens with one attached hydrogen (secondary N) is 1. The van der Waals surface area contributed by atoms with Crippen LogP contribution in [0.2, 0.25) is 0 Å². The molecule has 9 nitrogen and oxygen atoms in total. The average Bonchev–Trinajstić information content (AvgIpc) is 3.55. The number of hydrogen-bond donors (Lipinski definition) is 1. The van der Waals surface area contributed by atoms with Crippen molar-refractivity contribution in [2.24, 2.45) is 0 Å². The largest absolute Gasteiger partial charge is 0.486 e. The number of hydrogen-bond acceptors (Lipinski definition) is 6. The first kappa shape index (κ1) is 22.8. The molecule has 0 unspecified atom stereocenters. The molecule has 5 aromatic rings. The first-order chi connectivity index (χ1) is 18.1. The summed E-state index contributed by atoms with van der Waals surface area (Å²) in [6, 6.07) is 19.4. The molecule has 2 aromatic carbocycles. The van der Waals surface area contributed by atoms with Gasteiger partial charge in [-0.25, -0.2) is 14.3 Å². The van der Waals surface area contributed by atoms with Gasteiger partial charge in [0.15, 0.2) is 17.1 Å². The number of carbonyl (C=O) groups is 1. The van der Waals surface area contributed by atoms with Crippen molar-refractivity contribution in [3.63, 3.8) is 0 Å². The predicted molar refractivity (Wildman–Crippen MR) is 140 cm³/mol. The van der Waals surface area contributed by atoms with Crippen LogP contribution in [0.3, 0.4) is 0 Å². The van der Waals surface area contributed by atoms with E-state index in [1.165, 1.54) is 0 Å². The maximum absolute atomic E-state index is 13.7. The van der Waals surface area contributed by atoms with E-state index in [0.717, 1.165) is 11.1 Å². The maximum Gasteiger partial charge on any atom is 0.257 e. The molecule has 0 atom stereocenters. The van der Waals surface area contributed by atoms with Crippen LogP contribution in [-0.4, -0.2) is 43.7 Å². The minimum absolute atomic E-state index is 0.0729. The molecule has 0 spiro atoms. The van der Waals surface area contributed by atoms with Crippen LogP contribution in [0, 0.1) is 0 Å². The highest BCUT2D eigenvalue weighted by Crippen LogP contribution is 2.35. The Balaban J connectivity index is 1.39. The van der Waals surface area contributed by atoms with Gasteiger partial charge in [-0.05, 0) is 43.7 Å². The monoisotopic (exact) mass is 494 g/mol. The molecule has 0 fully saturated rings. The summed E-state index contributed by atoms with van der Waals surface area (Å²) in [4.78, 5) is 18.6. The van der Waals surface area contributed by atoms with E-state index < -0.39 is 0 Å². The third kappa shape index (κ3) is 4.40. The van der Waals surface area contributed by atoms with E-state index in [1.54, 1.807) is 29.2 Å². The Morgan fingerprint density at radius 2 is 1.81 bits per heavy atom. The summed E-state index contributed by atoms with van der Waals surface area (Å²) in [5.74, 6) is 1.71. The zero-order chi connectivity index (χ0) is 25.4. The van der Waals surface area contributed by atoms with Gasteiger partial charge in [0.25, 0.3) is 5.91 Å². The Labute approximate surface area is 213 Å². The number of ether oxygens (including phenoxy) is 2. The number of rotatable bonds is 6. The lowest BCUT2D eigenvalue weighted by atomic mass is 10.1. The van der Waals surface area contributed by atoms with Crippen molar-refractivity contribution in [2.75, 3.05) is 18.5 Å². The van der Waals surface area contributed by atoms with E-state index in [9.17, 15) is 4.79 Å². The van der Waals surface area contributed by atoms with Gasteiger partial charge in [0, 0.05) is 17.7 Å². The minimum Gasteiger partial charge on any atom is -0.486 e. The number of benzene rings is 2. The van der Waals surface area contributed by atoms with E-state index in [-0.39, 0.29) is 11.9 Å². The highest BCUT2D eigenvalue weighted by atomic mass is 16.6. The van der Waals surface area contributed by atoms with Gasteiger partial charge in [-0.1, -0.05) is 30.3 Å². The van der Waals surface area contributed by atoms with Crippen LogP contribution in [0.4, 0.5) is 5.82 Å². The number of fused-ring (bicyclic) bond motifs is 2. The van der Waals surface area contributed by atoms with E-state index in [2.05, 4.69) is 15.5 Å². The Bertz CT molecular complexity index is 1590. The van der Waals surface area contributed by atoms with Crippen molar-refractivity contribution in [3.8, 4) is 22.8 Å². The zero-order valence-electron chi connectivity index (χ0n) is 20.6. The Kier molecular flexibility index (Phi) is 5.80. The van der Waals surface area contributed by atoms with Gasteiger partial charge in [0.2, 0.25) is 0 Å². The molecule has 0 aliphatic carbocycles. The van der Waals surface area contributed by atoms with Crippen LogP contribution in [-0.2, 0) is 6.54 Å². The minimum atomic E-state index is -0.260. The normalized spacial score (nSPS) is 12.7. The summed E-state index contributed by atoms with van der Waals surface area (Å²) in [6.07, 6.45) is 3.38. The summed E-state index contributed by atoms with van der Waals surface area (Å²) >= 11 is 0. The lowest BCUT2D eigenvalue weighted by Gasteiger charge is -2.19.